The molecule has 8 heteroatoms. The Bertz CT molecular complexity index is 545. The van der Waals surface area contributed by atoms with Gasteiger partial charge in [-0.2, -0.15) is 0 Å². The zero-order chi connectivity index (χ0) is 16.8. The highest BCUT2D eigenvalue weighted by atomic mass is 16.5. The van der Waals surface area contributed by atoms with Crippen molar-refractivity contribution < 1.29 is 18.8 Å². The van der Waals surface area contributed by atoms with E-state index < -0.39 is 0 Å². The van der Waals surface area contributed by atoms with Gasteiger partial charge < -0.3 is 19.5 Å². The number of morpholine rings is 1. The lowest BCUT2D eigenvalue weighted by molar-refractivity contribution is -0.139. The number of carbonyl (C=O) groups is 2. The molecular formula is C15H24N4O4. The molecule has 23 heavy (non-hydrogen) atoms. The van der Waals surface area contributed by atoms with Crippen LogP contribution in [0.25, 0.3) is 0 Å². The zero-order valence-corrected chi connectivity index (χ0v) is 13.9. The summed E-state index contributed by atoms with van der Waals surface area (Å²) in [5.41, 5.74) is 0. The first-order chi connectivity index (χ1) is 11.0. The van der Waals surface area contributed by atoms with Crippen molar-refractivity contribution in [1.82, 2.24) is 15.0 Å². The minimum atomic E-state index is -0.234. The molecule has 0 bridgehead atoms. The van der Waals surface area contributed by atoms with Gasteiger partial charge in [-0.1, -0.05) is 12.1 Å². The van der Waals surface area contributed by atoms with E-state index in [0.717, 1.165) is 6.42 Å². The minimum absolute atomic E-state index is 0.0133. The number of hydrogen-bond acceptors (Lipinski definition) is 6. The first-order valence-corrected chi connectivity index (χ1v) is 7.79. The fourth-order valence-electron chi connectivity index (χ4n) is 2.43. The largest absolute Gasteiger partial charge is 0.375 e. The van der Waals surface area contributed by atoms with Crippen LogP contribution in [0.5, 0.6) is 0 Å². The molecule has 0 radical (unpaired) electrons. The SMILES string of the molecule is CCC1CN(C(=O)CN(C)CC(=O)Nc2cc(C)on2)CCO1. The van der Waals surface area contributed by atoms with Crippen molar-refractivity contribution >= 4 is 17.6 Å². The monoisotopic (exact) mass is 324 g/mol. The Kier molecular flexibility index (Phi) is 6.12. The molecule has 2 amide bonds. The number of anilines is 1. The summed E-state index contributed by atoms with van der Waals surface area (Å²) < 4.78 is 10.4. The number of aromatic nitrogens is 1. The van der Waals surface area contributed by atoms with Gasteiger partial charge in [0.05, 0.1) is 25.8 Å². The summed E-state index contributed by atoms with van der Waals surface area (Å²) >= 11 is 0. The van der Waals surface area contributed by atoms with E-state index in [1.165, 1.54) is 0 Å². The topological polar surface area (TPSA) is 87.9 Å². The van der Waals surface area contributed by atoms with Crippen molar-refractivity contribution in [1.29, 1.82) is 0 Å². The summed E-state index contributed by atoms with van der Waals surface area (Å²) in [6.45, 7) is 5.89. The summed E-state index contributed by atoms with van der Waals surface area (Å²) in [5, 5.41) is 6.33. The van der Waals surface area contributed by atoms with Crippen molar-refractivity contribution in [3.05, 3.63) is 11.8 Å². The van der Waals surface area contributed by atoms with Crippen molar-refractivity contribution in [2.24, 2.45) is 0 Å². The predicted molar refractivity (Wildman–Crippen MR) is 84.0 cm³/mol. The third-order valence-electron chi connectivity index (χ3n) is 3.66. The first kappa shape index (κ1) is 17.4. The van der Waals surface area contributed by atoms with Crippen LogP contribution >= 0.6 is 0 Å². The standard InChI is InChI=1S/C15H24N4O4/c1-4-12-8-19(5-6-22-12)15(21)10-18(3)9-14(20)16-13-7-11(2)23-17-13/h7,12H,4-6,8-10H2,1-3H3,(H,16,17,20). The Morgan fingerprint density at radius 2 is 2.26 bits per heavy atom. The van der Waals surface area contributed by atoms with Crippen LogP contribution in [0.3, 0.4) is 0 Å². The number of hydrogen-bond donors (Lipinski definition) is 1. The van der Waals surface area contributed by atoms with E-state index in [1.54, 1.807) is 29.8 Å². The molecule has 1 aliphatic heterocycles. The number of rotatable bonds is 6. The Morgan fingerprint density at radius 3 is 2.91 bits per heavy atom. The Labute approximate surface area is 135 Å². The Morgan fingerprint density at radius 1 is 1.48 bits per heavy atom. The molecule has 8 nitrogen and oxygen atoms in total. The van der Waals surface area contributed by atoms with Crippen LogP contribution in [0.2, 0.25) is 0 Å². The molecular weight excluding hydrogens is 300 g/mol. The van der Waals surface area contributed by atoms with Gasteiger partial charge in [0.1, 0.15) is 5.76 Å². The molecule has 1 aromatic rings. The molecule has 128 valence electrons. The van der Waals surface area contributed by atoms with Crippen LogP contribution in [-0.4, -0.2) is 72.7 Å². The number of likely N-dealkylation sites (N-methyl/N-ethyl adjacent to an activating group) is 1. The summed E-state index contributed by atoms with van der Waals surface area (Å²) in [4.78, 5) is 27.7. The number of carbonyl (C=O) groups excluding carboxylic acids is 2. The lowest BCUT2D eigenvalue weighted by Gasteiger charge is -2.33. The van der Waals surface area contributed by atoms with E-state index in [0.29, 0.717) is 31.3 Å². The van der Waals surface area contributed by atoms with Crippen molar-refractivity contribution in [3.8, 4) is 0 Å². The van der Waals surface area contributed by atoms with Crippen LogP contribution < -0.4 is 5.32 Å². The van der Waals surface area contributed by atoms with Crippen molar-refractivity contribution in [3.63, 3.8) is 0 Å². The van der Waals surface area contributed by atoms with Crippen LogP contribution in [0, 0.1) is 6.92 Å². The fraction of sp³-hybridized carbons (Fsp3) is 0.667. The lowest BCUT2D eigenvalue weighted by Crippen LogP contribution is -2.49. The van der Waals surface area contributed by atoms with E-state index >= 15 is 0 Å². The van der Waals surface area contributed by atoms with Crippen molar-refractivity contribution in [2.75, 3.05) is 45.2 Å². The summed E-state index contributed by atoms with van der Waals surface area (Å²) in [6, 6.07) is 1.64. The average molecular weight is 324 g/mol. The summed E-state index contributed by atoms with van der Waals surface area (Å²) in [6.07, 6.45) is 0.996. The molecule has 0 spiro atoms. The number of amides is 2. The second-order valence-corrected chi connectivity index (χ2v) is 5.78. The summed E-state index contributed by atoms with van der Waals surface area (Å²) in [5.74, 6) is 0.786. The highest BCUT2D eigenvalue weighted by Crippen LogP contribution is 2.09. The van der Waals surface area contributed by atoms with Gasteiger partial charge in [-0.05, 0) is 20.4 Å². The quantitative estimate of drug-likeness (QED) is 0.819. The number of aryl methyl sites for hydroxylation is 1. The summed E-state index contributed by atoms with van der Waals surface area (Å²) in [7, 11) is 1.74. The minimum Gasteiger partial charge on any atom is -0.375 e. The van der Waals surface area contributed by atoms with Crippen molar-refractivity contribution in [2.45, 2.75) is 26.4 Å². The van der Waals surface area contributed by atoms with E-state index in [1.807, 2.05) is 6.92 Å². The molecule has 1 aromatic heterocycles. The molecule has 1 saturated heterocycles. The first-order valence-electron chi connectivity index (χ1n) is 7.79. The van der Waals surface area contributed by atoms with Gasteiger partial charge in [0, 0.05) is 19.2 Å². The number of ether oxygens (including phenoxy) is 1. The molecule has 0 aromatic carbocycles. The van der Waals surface area contributed by atoms with Gasteiger partial charge in [-0.15, -0.1) is 0 Å². The molecule has 1 N–H and O–H groups in total. The van der Waals surface area contributed by atoms with Gasteiger partial charge >= 0.3 is 0 Å². The molecule has 0 saturated carbocycles. The maximum atomic E-state index is 12.3. The molecule has 1 fully saturated rings. The zero-order valence-electron chi connectivity index (χ0n) is 13.9. The van der Waals surface area contributed by atoms with Crippen LogP contribution in [0.15, 0.2) is 10.6 Å². The molecule has 2 heterocycles. The third-order valence-corrected chi connectivity index (χ3v) is 3.66. The maximum Gasteiger partial charge on any atom is 0.239 e. The molecule has 1 unspecified atom stereocenters. The van der Waals surface area contributed by atoms with Gasteiger partial charge in [-0.25, -0.2) is 0 Å². The predicted octanol–water partition coefficient (Wildman–Crippen LogP) is 0.491. The Balaban J connectivity index is 1.76. The van der Waals surface area contributed by atoms with E-state index in [-0.39, 0.29) is 31.0 Å². The smallest absolute Gasteiger partial charge is 0.239 e. The molecule has 0 aliphatic carbocycles. The van der Waals surface area contributed by atoms with E-state index in [9.17, 15) is 9.59 Å². The van der Waals surface area contributed by atoms with E-state index in [4.69, 9.17) is 9.26 Å². The second-order valence-electron chi connectivity index (χ2n) is 5.78. The van der Waals surface area contributed by atoms with Gasteiger partial charge in [0.15, 0.2) is 5.82 Å². The third kappa shape index (κ3) is 5.33. The number of nitrogens with one attached hydrogen (secondary N) is 1. The van der Waals surface area contributed by atoms with Crippen LogP contribution in [0.1, 0.15) is 19.1 Å². The highest BCUT2D eigenvalue weighted by Gasteiger charge is 2.24. The average Bonchev–Trinajstić information content (AvgIpc) is 2.91. The lowest BCUT2D eigenvalue weighted by atomic mass is 10.2. The van der Waals surface area contributed by atoms with Crippen LogP contribution in [0.4, 0.5) is 5.82 Å². The maximum absolute atomic E-state index is 12.3. The normalized spacial score (nSPS) is 18.3. The van der Waals surface area contributed by atoms with E-state index in [2.05, 4.69) is 10.5 Å². The van der Waals surface area contributed by atoms with Gasteiger partial charge in [-0.3, -0.25) is 14.5 Å². The fourth-order valence-corrected chi connectivity index (χ4v) is 2.43. The number of nitrogens with zero attached hydrogens (tertiary/aromatic N) is 3. The molecule has 1 atom stereocenters. The molecule has 1 aliphatic rings. The van der Waals surface area contributed by atoms with Crippen LogP contribution in [-0.2, 0) is 14.3 Å². The van der Waals surface area contributed by atoms with Gasteiger partial charge in [0.2, 0.25) is 11.8 Å². The second kappa shape index (κ2) is 8.07. The Hall–Kier alpha value is -1.93. The molecule has 2 rings (SSSR count). The highest BCUT2D eigenvalue weighted by molar-refractivity contribution is 5.91. The van der Waals surface area contributed by atoms with Gasteiger partial charge in [0.25, 0.3) is 0 Å².